The van der Waals surface area contributed by atoms with E-state index in [9.17, 15) is 18.4 Å². The predicted molar refractivity (Wildman–Crippen MR) is 84.6 cm³/mol. The van der Waals surface area contributed by atoms with Gasteiger partial charge in [0.15, 0.2) is 5.75 Å². The van der Waals surface area contributed by atoms with Gasteiger partial charge in [-0.1, -0.05) is 0 Å². The molecular formula is C15H27N2O5S. The van der Waals surface area contributed by atoms with Crippen LogP contribution in [0.5, 0.6) is 0 Å². The van der Waals surface area contributed by atoms with E-state index in [-0.39, 0.29) is 12.1 Å². The van der Waals surface area contributed by atoms with Crippen LogP contribution in [0.4, 0.5) is 0 Å². The van der Waals surface area contributed by atoms with Gasteiger partial charge in [0.2, 0.25) is 5.91 Å². The van der Waals surface area contributed by atoms with Gasteiger partial charge in [0.05, 0.1) is 0 Å². The number of hydrogen-bond acceptors (Lipinski definition) is 4. The monoisotopic (exact) mass is 347 g/mol. The quantitative estimate of drug-likeness (QED) is 0.779. The maximum absolute atomic E-state index is 12.5. The minimum Gasteiger partial charge on any atom is -0.336 e. The number of amides is 1. The molecule has 7 nitrogen and oxygen atoms in total. The Bertz CT molecular complexity index is 550. The molecule has 0 atom stereocenters. The Labute approximate surface area is 138 Å². The average Bonchev–Trinajstić information content (AvgIpc) is 2.27. The summed E-state index contributed by atoms with van der Waals surface area (Å²) in [6.45, 7) is 7.39. The first-order chi connectivity index (χ1) is 10.3. The van der Waals surface area contributed by atoms with Gasteiger partial charge in [-0.15, -0.1) is 10.3 Å². The van der Waals surface area contributed by atoms with Gasteiger partial charge in [-0.2, -0.15) is 8.42 Å². The lowest BCUT2D eigenvalue weighted by Crippen LogP contribution is -2.65. The summed E-state index contributed by atoms with van der Waals surface area (Å²) < 4.78 is 31.3. The first-order valence-electron chi connectivity index (χ1n) is 8.07. The smallest absolute Gasteiger partial charge is 0.274 e. The molecule has 0 spiro atoms. The summed E-state index contributed by atoms with van der Waals surface area (Å²) >= 11 is 0. The van der Waals surface area contributed by atoms with Gasteiger partial charge in [-0.3, -0.25) is 9.35 Å². The Balaban J connectivity index is 2.27. The van der Waals surface area contributed by atoms with Crippen LogP contribution in [0.1, 0.15) is 59.8 Å². The highest BCUT2D eigenvalue weighted by molar-refractivity contribution is 7.86. The molecule has 2 aliphatic rings. The van der Waals surface area contributed by atoms with E-state index in [2.05, 4.69) is 0 Å². The predicted octanol–water partition coefficient (Wildman–Crippen LogP) is 1.62. The van der Waals surface area contributed by atoms with Gasteiger partial charge in [0, 0.05) is 23.2 Å². The molecule has 1 amide bonds. The molecule has 2 rings (SSSR count). The normalized spacial score (nSPS) is 25.8. The van der Waals surface area contributed by atoms with E-state index in [4.69, 9.17) is 4.55 Å². The van der Waals surface area contributed by atoms with E-state index in [0.29, 0.717) is 12.8 Å². The standard InChI is InChI=1S/C15H27N2O5S/c1-14(2)8-12(9-15(3,4)17(14)19)16(11-6-5-7-11)13(18)10-23(20,21)22/h11-12H,5-10H2,1-4H3,(H,20,21,22). The summed E-state index contributed by atoms with van der Waals surface area (Å²) in [4.78, 5) is 14.1. The van der Waals surface area contributed by atoms with Crippen LogP contribution in [0.15, 0.2) is 0 Å². The average molecular weight is 347 g/mol. The minimum atomic E-state index is -4.36. The van der Waals surface area contributed by atoms with Gasteiger partial charge < -0.3 is 4.90 Å². The summed E-state index contributed by atoms with van der Waals surface area (Å²) in [6, 6.07) is -0.177. The van der Waals surface area contributed by atoms with Crippen molar-refractivity contribution in [2.75, 3.05) is 5.75 Å². The highest BCUT2D eigenvalue weighted by Crippen LogP contribution is 2.41. The maximum atomic E-state index is 12.5. The topological polar surface area (TPSA) is 97.8 Å². The second-order valence-electron chi connectivity index (χ2n) is 8.09. The zero-order valence-electron chi connectivity index (χ0n) is 14.3. The lowest BCUT2D eigenvalue weighted by molar-refractivity contribution is -0.295. The van der Waals surface area contributed by atoms with Crippen molar-refractivity contribution in [1.82, 2.24) is 9.96 Å². The second-order valence-corrected chi connectivity index (χ2v) is 9.55. The molecule has 1 saturated carbocycles. The van der Waals surface area contributed by atoms with Crippen LogP contribution < -0.4 is 0 Å². The molecule has 23 heavy (non-hydrogen) atoms. The number of nitrogens with zero attached hydrogens (tertiary/aromatic N) is 2. The molecule has 133 valence electrons. The van der Waals surface area contributed by atoms with E-state index in [1.165, 1.54) is 0 Å². The van der Waals surface area contributed by atoms with E-state index in [1.54, 1.807) is 4.90 Å². The number of carbonyl (C=O) groups is 1. The first kappa shape index (κ1) is 18.6. The van der Waals surface area contributed by atoms with Gasteiger partial charge in [0.25, 0.3) is 10.1 Å². The lowest BCUT2D eigenvalue weighted by Gasteiger charge is -2.54. The van der Waals surface area contributed by atoms with E-state index >= 15 is 0 Å². The molecule has 2 fully saturated rings. The summed E-state index contributed by atoms with van der Waals surface area (Å²) in [7, 11) is -4.36. The lowest BCUT2D eigenvalue weighted by atomic mass is 9.76. The van der Waals surface area contributed by atoms with Gasteiger partial charge in [-0.05, 0) is 59.8 Å². The molecule has 0 aromatic heterocycles. The number of hydroxylamine groups is 2. The van der Waals surface area contributed by atoms with Crippen LogP contribution >= 0.6 is 0 Å². The molecule has 0 unspecified atom stereocenters. The van der Waals surface area contributed by atoms with E-state index < -0.39 is 32.9 Å². The van der Waals surface area contributed by atoms with E-state index in [1.807, 2.05) is 27.7 Å². The molecule has 0 aromatic rings. The highest BCUT2D eigenvalue weighted by atomic mass is 32.2. The van der Waals surface area contributed by atoms with Crippen molar-refractivity contribution in [3.8, 4) is 0 Å². The minimum absolute atomic E-state index is 0.0130. The van der Waals surface area contributed by atoms with Crippen LogP contribution in [0.25, 0.3) is 0 Å². The highest BCUT2D eigenvalue weighted by Gasteiger charge is 2.50. The Hall–Kier alpha value is -0.700. The molecule has 8 heteroatoms. The van der Waals surface area contributed by atoms with Crippen LogP contribution in [-0.4, -0.2) is 57.8 Å². The molecule has 1 N–H and O–H groups in total. The third-order valence-electron chi connectivity index (χ3n) is 5.03. The number of hydrogen-bond donors (Lipinski definition) is 1. The third kappa shape index (κ3) is 4.04. The van der Waals surface area contributed by atoms with Crippen LogP contribution in [-0.2, 0) is 20.1 Å². The third-order valence-corrected chi connectivity index (χ3v) is 5.64. The fourth-order valence-electron chi connectivity index (χ4n) is 4.01. The number of rotatable bonds is 4. The number of carbonyl (C=O) groups excluding carboxylic acids is 1. The van der Waals surface area contributed by atoms with Crippen molar-refractivity contribution >= 4 is 16.0 Å². The van der Waals surface area contributed by atoms with Crippen LogP contribution in [0.2, 0.25) is 0 Å². The Kier molecular flexibility index (Phi) is 4.85. The fourth-order valence-corrected chi connectivity index (χ4v) is 4.47. The summed E-state index contributed by atoms with van der Waals surface area (Å²) in [5.41, 5.74) is -1.26. The van der Waals surface area contributed by atoms with Crippen LogP contribution in [0, 0.1) is 0 Å². The van der Waals surface area contributed by atoms with E-state index in [0.717, 1.165) is 24.3 Å². The number of piperidine rings is 1. The molecule has 1 saturated heterocycles. The largest absolute Gasteiger partial charge is 0.336 e. The zero-order valence-corrected chi connectivity index (χ0v) is 15.1. The summed E-state index contributed by atoms with van der Waals surface area (Å²) in [6.07, 6.45) is 3.68. The maximum Gasteiger partial charge on any atom is 0.274 e. The molecule has 0 aromatic carbocycles. The summed E-state index contributed by atoms with van der Waals surface area (Å²) in [5, 5.41) is 13.6. The molecule has 0 bridgehead atoms. The second kappa shape index (κ2) is 5.98. The first-order valence-corrected chi connectivity index (χ1v) is 9.68. The fraction of sp³-hybridized carbons (Fsp3) is 0.933. The van der Waals surface area contributed by atoms with Crippen molar-refractivity contribution in [3.05, 3.63) is 0 Å². The summed E-state index contributed by atoms with van der Waals surface area (Å²) in [5.74, 6) is -1.45. The van der Waals surface area contributed by atoms with Crippen molar-refractivity contribution in [1.29, 1.82) is 0 Å². The van der Waals surface area contributed by atoms with Crippen molar-refractivity contribution in [3.63, 3.8) is 0 Å². The Morgan fingerprint density at radius 1 is 1.13 bits per heavy atom. The molecule has 1 aliphatic carbocycles. The van der Waals surface area contributed by atoms with Gasteiger partial charge in [-0.25, -0.2) is 0 Å². The van der Waals surface area contributed by atoms with Gasteiger partial charge in [0.1, 0.15) is 0 Å². The van der Waals surface area contributed by atoms with Crippen molar-refractivity contribution in [2.45, 2.75) is 83.0 Å². The Morgan fingerprint density at radius 3 is 1.96 bits per heavy atom. The molecule has 1 radical (unpaired) electrons. The molecular weight excluding hydrogens is 320 g/mol. The molecule has 1 aliphatic heterocycles. The van der Waals surface area contributed by atoms with Crippen molar-refractivity contribution in [2.24, 2.45) is 0 Å². The van der Waals surface area contributed by atoms with Gasteiger partial charge >= 0.3 is 0 Å². The zero-order chi connectivity index (χ0) is 17.6. The Morgan fingerprint density at radius 2 is 1.61 bits per heavy atom. The van der Waals surface area contributed by atoms with Crippen molar-refractivity contribution < 1.29 is 23.0 Å². The SMILES string of the molecule is CC1(C)CC(N(C(=O)CS(=O)(=O)O)C2CCC2)CC(C)(C)N1[O]. The van der Waals surface area contributed by atoms with Crippen LogP contribution in [0.3, 0.4) is 0 Å². The molecule has 1 heterocycles.